The van der Waals surface area contributed by atoms with Crippen LogP contribution in [0.1, 0.15) is 80.0 Å². The number of nitrogens with zero attached hydrogens (tertiary/aromatic N) is 4. The molecule has 31 heavy (non-hydrogen) atoms. The molecule has 0 amide bonds. The van der Waals surface area contributed by atoms with Gasteiger partial charge in [0.05, 0.1) is 30.2 Å². The average Bonchev–Trinajstić information content (AvgIpc) is 3.41. The van der Waals surface area contributed by atoms with Crippen molar-refractivity contribution in [1.29, 1.82) is 0 Å². The van der Waals surface area contributed by atoms with Crippen molar-refractivity contribution in [3.05, 3.63) is 51.1 Å². The van der Waals surface area contributed by atoms with E-state index in [1.54, 1.807) is 0 Å². The maximum Gasteiger partial charge on any atom is 0.258 e. The number of tetrazole rings is 1. The van der Waals surface area contributed by atoms with Crippen molar-refractivity contribution in [2.45, 2.75) is 71.4 Å². The Morgan fingerprint density at radius 1 is 1.13 bits per heavy atom. The molecule has 2 N–H and O–H groups in total. The largest absolute Gasteiger partial charge is 0.322 e. The molecule has 1 aliphatic heterocycles. The van der Waals surface area contributed by atoms with Crippen molar-refractivity contribution in [2.24, 2.45) is 5.92 Å². The van der Waals surface area contributed by atoms with Gasteiger partial charge in [-0.05, 0) is 73.0 Å². The third kappa shape index (κ3) is 3.80. The smallest absolute Gasteiger partial charge is 0.258 e. The van der Waals surface area contributed by atoms with Crippen LogP contribution < -0.4 is 10.5 Å². The normalized spacial score (nSPS) is 23.5. The van der Waals surface area contributed by atoms with Gasteiger partial charge in [-0.25, -0.2) is 4.68 Å². The second kappa shape index (κ2) is 8.19. The summed E-state index contributed by atoms with van der Waals surface area (Å²) >= 11 is 0. The molecule has 1 aliphatic carbocycles. The summed E-state index contributed by atoms with van der Waals surface area (Å²) in [7, 11) is 0. The summed E-state index contributed by atoms with van der Waals surface area (Å²) in [6.07, 6.45) is 7.08. The molecule has 1 saturated heterocycles. The first-order chi connectivity index (χ1) is 15.0. The predicted molar refractivity (Wildman–Crippen MR) is 120 cm³/mol. The van der Waals surface area contributed by atoms with Crippen molar-refractivity contribution >= 4 is 10.9 Å². The van der Waals surface area contributed by atoms with Crippen LogP contribution >= 0.6 is 0 Å². The molecule has 7 nitrogen and oxygen atoms in total. The number of H-pyrrole nitrogens is 1. The summed E-state index contributed by atoms with van der Waals surface area (Å²) in [5.74, 6) is 1.48. The van der Waals surface area contributed by atoms with Gasteiger partial charge in [0.15, 0.2) is 6.04 Å². The molecule has 0 radical (unpaired) electrons. The van der Waals surface area contributed by atoms with E-state index in [0.717, 1.165) is 53.8 Å². The lowest BCUT2D eigenvalue weighted by Crippen LogP contribution is -3.14. The minimum atomic E-state index is -0.146. The van der Waals surface area contributed by atoms with Crippen LogP contribution in [0.15, 0.2) is 23.0 Å². The molecule has 0 bridgehead atoms. The highest BCUT2D eigenvalue weighted by Crippen LogP contribution is 2.31. The SMILES string of the molecule is Cc1cc(C)c2[nH]c(=O)c([C@H](c3nnnn3C3CCCC3)[NH+]3CCC[C@H](C)C3)cc2c1. The molecule has 5 rings (SSSR count). The Hall–Kier alpha value is -2.54. The van der Waals surface area contributed by atoms with Gasteiger partial charge in [0, 0.05) is 5.92 Å². The first-order valence-electron chi connectivity index (χ1n) is 11.8. The first kappa shape index (κ1) is 20.4. The van der Waals surface area contributed by atoms with Crippen LogP contribution in [-0.2, 0) is 0 Å². The molecule has 0 spiro atoms. The summed E-state index contributed by atoms with van der Waals surface area (Å²) in [5.41, 5.74) is 4.00. The fourth-order valence-corrected chi connectivity index (χ4v) is 5.85. The van der Waals surface area contributed by atoms with Gasteiger partial charge in [-0.2, -0.15) is 0 Å². The zero-order chi connectivity index (χ0) is 21.5. The number of hydrogen-bond donors (Lipinski definition) is 2. The molecule has 2 fully saturated rings. The lowest BCUT2D eigenvalue weighted by atomic mass is 9.95. The fraction of sp³-hybridized carbons (Fsp3) is 0.583. The monoisotopic (exact) mass is 421 g/mol. The Bertz CT molecular complexity index is 1140. The second-order valence-corrected chi connectivity index (χ2v) is 9.81. The summed E-state index contributed by atoms with van der Waals surface area (Å²) in [6, 6.07) is 6.57. The lowest BCUT2D eigenvalue weighted by Gasteiger charge is -2.33. The van der Waals surface area contributed by atoms with Crippen LogP contribution in [-0.4, -0.2) is 38.3 Å². The van der Waals surface area contributed by atoms with Crippen LogP contribution in [0.4, 0.5) is 0 Å². The van der Waals surface area contributed by atoms with E-state index < -0.39 is 0 Å². The van der Waals surface area contributed by atoms with Crippen molar-refractivity contribution < 1.29 is 4.90 Å². The van der Waals surface area contributed by atoms with Crippen LogP contribution in [0.2, 0.25) is 0 Å². The van der Waals surface area contributed by atoms with Crippen molar-refractivity contribution in [1.82, 2.24) is 25.2 Å². The Labute approximate surface area is 182 Å². The quantitative estimate of drug-likeness (QED) is 0.679. The Kier molecular flexibility index (Phi) is 5.38. The van der Waals surface area contributed by atoms with Crippen LogP contribution in [0.25, 0.3) is 10.9 Å². The zero-order valence-corrected chi connectivity index (χ0v) is 18.8. The molecule has 1 aromatic carbocycles. The van der Waals surface area contributed by atoms with E-state index in [-0.39, 0.29) is 11.6 Å². The molecule has 3 heterocycles. The minimum absolute atomic E-state index is 0.0175. The predicted octanol–water partition coefficient (Wildman–Crippen LogP) is 2.65. The van der Waals surface area contributed by atoms with Crippen molar-refractivity contribution in [3.8, 4) is 0 Å². The van der Waals surface area contributed by atoms with Crippen LogP contribution in [0.5, 0.6) is 0 Å². The molecule has 7 heteroatoms. The van der Waals surface area contributed by atoms with E-state index >= 15 is 0 Å². The minimum Gasteiger partial charge on any atom is -0.322 e. The number of benzene rings is 1. The number of quaternary nitrogens is 1. The van der Waals surface area contributed by atoms with Crippen molar-refractivity contribution in [2.75, 3.05) is 13.1 Å². The van der Waals surface area contributed by atoms with Gasteiger partial charge in [-0.1, -0.05) is 31.4 Å². The maximum atomic E-state index is 13.4. The number of aryl methyl sites for hydroxylation is 2. The molecule has 3 aromatic rings. The maximum absolute atomic E-state index is 13.4. The number of pyridine rings is 1. The Morgan fingerprint density at radius 3 is 2.71 bits per heavy atom. The van der Waals surface area contributed by atoms with Gasteiger partial charge in [0.2, 0.25) is 5.82 Å². The Morgan fingerprint density at radius 2 is 1.94 bits per heavy atom. The lowest BCUT2D eigenvalue weighted by molar-refractivity contribution is -0.934. The molecule has 2 aromatic heterocycles. The summed E-state index contributed by atoms with van der Waals surface area (Å²) < 4.78 is 2.04. The van der Waals surface area contributed by atoms with E-state index in [9.17, 15) is 4.79 Å². The molecule has 1 saturated carbocycles. The van der Waals surface area contributed by atoms with Gasteiger partial charge in [0.1, 0.15) is 0 Å². The van der Waals surface area contributed by atoms with Gasteiger partial charge in [0.25, 0.3) is 5.56 Å². The number of aromatic nitrogens is 5. The number of fused-ring (bicyclic) bond motifs is 1. The van der Waals surface area contributed by atoms with Crippen LogP contribution in [0, 0.1) is 19.8 Å². The highest BCUT2D eigenvalue weighted by Gasteiger charge is 2.38. The molecule has 164 valence electrons. The average molecular weight is 422 g/mol. The third-order valence-corrected chi connectivity index (χ3v) is 7.29. The van der Waals surface area contributed by atoms with E-state index in [1.807, 2.05) is 4.68 Å². The molecule has 1 unspecified atom stereocenters. The fourth-order valence-electron chi connectivity index (χ4n) is 5.85. The standard InChI is InChI=1S/C24H32N6O/c1-15-7-6-10-29(14-15)22(23-26-27-28-30(23)19-8-4-5-9-19)20-13-18-12-16(2)11-17(3)21(18)25-24(20)31/h11-13,15,19,22H,4-10,14H2,1-3H3,(H,25,31)/p+1/t15-,22+/m0/s1. The van der Waals surface area contributed by atoms with E-state index in [4.69, 9.17) is 0 Å². The van der Waals surface area contributed by atoms with Gasteiger partial charge >= 0.3 is 0 Å². The van der Waals surface area contributed by atoms with Crippen molar-refractivity contribution in [3.63, 3.8) is 0 Å². The Balaban J connectivity index is 1.67. The number of aromatic amines is 1. The number of rotatable bonds is 4. The van der Waals surface area contributed by atoms with E-state index in [2.05, 4.69) is 59.5 Å². The summed E-state index contributed by atoms with van der Waals surface area (Å²) in [6.45, 7) is 8.55. The molecular formula is C24H33N6O+. The second-order valence-electron chi connectivity index (χ2n) is 9.81. The van der Waals surface area contributed by atoms with E-state index in [1.165, 1.54) is 36.1 Å². The summed E-state index contributed by atoms with van der Waals surface area (Å²) in [5, 5.41) is 14.1. The third-order valence-electron chi connectivity index (χ3n) is 7.29. The molecule has 2 aliphatic rings. The highest BCUT2D eigenvalue weighted by molar-refractivity contribution is 5.83. The zero-order valence-electron chi connectivity index (χ0n) is 18.8. The molecular weight excluding hydrogens is 388 g/mol. The number of piperidine rings is 1. The van der Waals surface area contributed by atoms with Gasteiger partial charge in [-0.15, -0.1) is 5.10 Å². The number of likely N-dealkylation sites (tertiary alicyclic amines) is 1. The number of nitrogens with one attached hydrogen (secondary N) is 2. The number of hydrogen-bond acceptors (Lipinski definition) is 4. The van der Waals surface area contributed by atoms with E-state index in [0.29, 0.717) is 12.0 Å². The topological polar surface area (TPSA) is 80.9 Å². The molecule has 3 atom stereocenters. The van der Waals surface area contributed by atoms with Gasteiger partial charge < -0.3 is 9.88 Å². The highest BCUT2D eigenvalue weighted by atomic mass is 16.1. The van der Waals surface area contributed by atoms with Crippen LogP contribution in [0.3, 0.4) is 0 Å². The summed E-state index contributed by atoms with van der Waals surface area (Å²) in [4.78, 5) is 18.0. The first-order valence-corrected chi connectivity index (χ1v) is 11.8. The van der Waals surface area contributed by atoms with Gasteiger partial charge in [-0.3, -0.25) is 4.79 Å².